The first-order valence-electron chi connectivity index (χ1n) is 5.66. The minimum Gasteiger partial charge on any atom is -0.478 e. The van der Waals surface area contributed by atoms with Gasteiger partial charge in [-0.15, -0.1) is 0 Å². The smallest absolute Gasteiger partial charge is 0.337 e. The van der Waals surface area contributed by atoms with Crippen LogP contribution in [0.5, 0.6) is 0 Å². The molecule has 0 saturated carbocycles. The van der Waals surface area contributed by atoms with Crippen molar-refractivity contribution in [1.29, 1.82) is 0 Å². The summed E-state index contributed by atoms with van der Waals surface area (Å²) >= 11 is 2.04. The van der Waals surface area contributed by atoms with Crippen molar-refractivity contribution in [1.82, 2.24) is 0 Å². The van der Waals surface area contributed by atoms with Gasteiger partial charge in [0.15, 0.2) is 0 Å². The van der Waals surface area contributed by atoms with E-state index in [-0.39, 0.29) is 23.3 Å². The Morgan fingerprint density at radius 3 is 2.39 bits per heavy atom. The van der Waals surface area contributed by atoms with Gasteiger partial charge in [-0.25, -0.2) is 4.79 Å². The first-order valence-corrected chi connectivity index (χ1v) is 6.74. The highest BCUT2D eigenvalue weighted by Gasteiger charge is 2.19. The summed E-state index contributed by atoms with van der Waals surface area (Å²) in [6.45, 7) is 5.74. The number of carboxylic acids is 1. The van der Waals surface area contributed by atoms with Crippen LogP contribution in [0.25, 0.3) is 0 Å². The SMILES string of the molecule is CC(C)C(C)C(=O)Nc1ccc(I)cc1C(=O)O. The van der Waals surface area contributed by atoms with Gasteiger partial charge in [-0.05, 0) is 46.7 Å². The van der Waals surface area contributed by atoms with E-state index in [9.17, 15) is 9.59 Å². The van der Waals surface area contributed by atoms with Crippen LogP contribution in [0.4, 0.5) is 5.69 Å². The Labute approximate surface area is 120 Å². The molecule has 1 rings (SSSR count). The Bertz CT molecular complexity index is 471. The van der Waals surface area contributed by atoms with E-state index in [0.29, 0.717) is 5.69 Å². The average Bonchev–Trinajstić information content (AvgIpc) is 2.29. The second kappa shape index (κ2) is 6.17. The molecule has 2 N–H and O–H groups in total. The fourth-order valence-corrected chi connectivity index (χ4v) is 1.84. The van der Waals surface area contributed by atoms with Crippen molar-refractivity contribution in [3.8, 4) is 0 Å². The lowest BCUT2D eigenvalue weighted by atomic mass is 9.97. The lowest BCUT2D eigenvalue weighted by molar-refractivity contribution is -0.120. The second-order valence-corrected chi connectivity index (χ2v) is 5.76. The normalized spacial score (nSPS) is 12.3. The van der Waals surface area contributed by atoms with E-state index in [4.69, 9.17) is 5.11 Å². The number of amides is 1. The van der Waals surface area contributed by atoms with Gasteiger partial charge in [0, 0.05) is 9.49 Å². The molecule has 0 aromatic heterocycles. The molecule has 1 unspecified atom stereocenters. The molecule has 0 aliphatic rings. The minimum absolute atomic E-state index is 0.117. The predicted molar refractivity (Wildman–Crippen MR) is 78.8 cm³/mol. The van der Waals surface area contributed by atoms with Crippen LogP contribution in [-0.4, -0.2) is 17.0 Å². The number of hydrogen-bond acceptors (Lipinski definition) is 2. The summed E-state index contributed by atoms with van der Waals surface area (Å²) in [7, 11) is 0. The minimum atomic E-state index is -1.04. The van der Waals surface area contributed by atoms with Gasteiger partial charge in [0.05, 0.1) is 11.3 Å². The maximum absolute atomic E-state index is 11.9. The quantitative estimate of drug-likeness (QED) is 0.810. The number of benzene rings is 1. The third kappa shape index (κ3) is 3.69. The number of anilines is 1. The van der Waals surface area contributed by atoms with Crippen LogP contribution in [0.15, 0.2) is 18.2 Å². The van der Waals surface area contributed by atoms with Crippen molar-refractivity contribution in [3.05, 3.63) is 27.3 Å². The zero-order chi connectivity index (χ0) is 13.9. The summed E-state index contributed by atoms with van der Waals surface area (Å²) in [5.41, 5.74) is 0.464. The summed E-state index contributed by atoms with van der Waals surface area (Å²) in [6, 6.07) is 4.93. The molecule has 1 aromatic rings. The maximum Gasteiger partial charge on any atom is 0.337 e. The topological polar surface area (TPSA) is 66.4 Å². The first-order chi connectivity index (χ1) is 8.32. The summed E-state index contributed by atoms with van der Waals surface area (Å²) < 4.78 is 0.819. The Kier molecular flexibility index (Phi) is 5.13. The molecule has 1 amide bonds. The van der Waals surface area contributed by atoms with Gasteiger partial charge in [0.2, 0.25) is 5.91 Å². The summed E-state index contributed by atoms with van der Waals surface area (Å²) in [5, 5.41) is 11.8. The number of nitrogens with one attached hydrogen (secondary N) is 1. The van der Waals surface area contributed by atoms with Gasteiger partial charge < -0.3 is 10.4 Å². The van der Waals surface area contributed by atoms with Gasteiger partial charge in [0.25, 0.3) is 0 Å². The monoisotopic (exact) mass is 361 g/mol. The molecule has 1 atom stereocenters. The van der Waals surface area contributed by atoms with E-state index in [1.165, 1.54) is 0 Å². The van der Waals surface area contributed by atoms with Crippen LogP contribution in [0, 0.1) is 15.4 Å². The van der Waals surface area contributed by atoms with Gasteiger partial charge in [0.1, 0.15) is 0 Å². The predicted octanol–water partition coefficient (Wildman–Crippen LogP) is 3.22. The van der Waals surface area contributed by atoms with Crippen LogP contribution in [0.3, 0.4) is 0 Å². The molecule has 18 heavy (non-hydrogen) atoms. The zero-order valence-corrected chi connectivity index (χ0v) is 12.7. The molecule has 0 radical (unpaired) electrons. The first kappa shape index (κ1) is 14.9. The fourth-order valence-electron chi connectivity index (χ4n) is 1.35. The molecule has 0 heterocycles. The highest BCUT2D eigenvalue weighted by molar-refractivity contribution is 14.1. The molecule has 0 saturated heterocycles. The van der Waals surface area contributed by atoms with Crippen LogP contribution < -0.4 is 5.32 Å². The highest BCUT2D eigenvalue weighted by atomic mass is 127. The van der Waals surface area contributed by atoms with Crippen molar-refractivity contribution in [3.63, 3.8) is 0 Å². The molecule has 0 spiro atoms. The Morgan fingerprint density at radius 2 is 1.89 bits per heavy atom. The summed E-state index contributed by atoms with van der Waals surface area (Å²) in [5.74, 6) is -1.15. The van der Waals surface area contributed by atoms with Crippen LogP contribution in [-0.2, 0) is 4.79 Å². The van der Waals surface area contributed by atoms with Gasteiger partial charge in [-0.3, -0.25) is 4.79 Å². The number of carboxylic acid groups (broad SMARTS) is 1. The largest absolute Gasteiger partial charge is 0.478 e. The van der Waals surface area contributed by atoms with Crippen LogP contribution in [0.1, 0.15) is 31.1 Å². The molecule has 0 bridgehead atoms. The van der Waals surface area contributed by atoms with E-state index in [1.54, 1.807) is 18.2 Å². The Hall–Kier alpha value is -1.11. The van der Waals surface area contributed by atoms with E-state index in [0.717, 1.165) is 3.57 Å². The van der Waals surface area contributed by atoms with Gasteiger partial charge in [-0.2, -0.15) is 0 Å². The van der Waals surface area contributed by atoms with E-state index in [1.807, 2.05) is 43.4 Å². The zero-order valence-electron chi connectivity index (χ0n) is 10.5. The fraction of sp³-hybridized carbons (Fsp3) is 0.385. The van der Waals surface area contributed by atoms with Gasteiger partial charge >= 0.3 is 5.97 Å². The van der Waals surface area contributed by atoms with Gasteiger partial charge in [-0.1, -0.05) is 20.8 Å². The molecule has 98 valence electrons. The second-order valence-electron chi connectivity index (χ2n) is 4.52. The number of carbonyl (C=O) groups excluding carboxylic acids is 1. The lowest BCUT2D eigenvalue weighted by Gasteiger charge is -2.16. The third-order valence-electron chi connectivity index (χ3n) is 2.88. The van der Waals surface area contributed by atoms with Crippen molar-refractivity contribution in [2.45, 2.75) is 20.8 Å². The molecule has 4 nitrogen and oxygen atoms in total. The van der Waals surface area contributed by atoms with E-state index < -0.39 is 5.97 Å². The standard InChI is InChI=1S/C13H16INO3/c1-7(2)8(3)12(16)15-11-5-4-9(14)6-10(11)13(17)18/h4-8H,1-3H3,(H,15,16)(H,17,18). The summed E-state index contributed by atoms with van der Waals surface area (Å²) in [4.78, 5) is 23.0. The van der Waals surface area contributed by atoms with Crippen molar-refractivity contribution >= 4 is 40.2 Å². The molecular formula is C13H16INO3. The number of aromatic carboxylic acids is 1. The highest BCUT2D eigenvalue weighted by Crippen LogP contribution is 2.21. The van der Waals surface area contributed by atoms with Crippen molar-refractivity contribution < 1.29 is 14.7 Å². The third-order valence-corrected chi connectivity index (χ3v) is 3.55. The molecule has 0 aliphatic carbocycles. The molecule has 0 fully saturated rings. The molecule has 1 aromatic carbocycles. The maximum atomic E-state index is 11.9. The van der Waals surface area contributed by atoms with Crippen LogP contribution >= 0.6 is 22.6 Å². The molecule has 0 aliphatic heterocycles. The summed E-state index contributed by atoms with van der Waals surface area (Å²) in [6.07, 6.45) is 0. The average molecular weight is 361 g/mol. The lowest BCUT2D eigenvalue weighted by Crippen LogP contribution is -2.25. The molecule has 5 heteroatoms. The number of halogens is 1. The Balaban J connectivity index is 2.98. The van der Waals surface area contributed by atoms with E-state index in [2.05, 4.69) is 5.32 Å². The van der Waals surface area contributed by atoms with Crippen molar-refractivity contribution in [2.24, 2.45) is 11.8 Å². The number of rotatable bonds is 4. The Morgan fingerprint density at radius 1 is 1.28 bits per heavy atom. The van der Waals surface area contributed by atoms with E-state index >= 15 is 0 Å². The molecular weight excluding hydrogens is 345 g/mol. The van der Waals surface area contributed by atoms with Crippen molar-refractivity contribution in [2.75, 3.05) is 5.32 Å². The van der Waals surface area contributed by atoms with Crippen LogP contribution in [0.2, 0.25) is 0 Å². The number of hydrogen-bond donors (Lipinski definition) is 2. The number of carbonyl (C=O) groups is 2.